The van der Waals surface area contributed by atoms with Gasteiger partial charge in [0, 0.05) is 52.1 Å². The Morgan fingerprint density at radius 2 is 0.560 bits per heavy atom. The molecule has 0 amide bonds. The quantitative estimate of drug-likeness (QED) is 0.0262. The van der Waals surface area contributed by atoms with Gasteiger partial charge in [-0.2, -0.15) is 0 Å². The molecule has 0 bridgehead atoms. The van der Waals surface area contributed by atoms with Crippen molar-refractivity contribution in [1.82, 2.24) is 0 Å². The fraction of sp³-hybridized carbons (Fsp3) is 0.884. The first-order valence-corrected chi connectivity index (χ1v) is 31.9. The Kier molecular flexibility index (Phi) is 60.5. The van der Waals surface area contributed by atoms with E-state index in [1.807, 2.05) is 0 Å². The van der Waals surface area contributed by atoms with Gasteiger partial charge in [-0.05, 0) is 132 Å². The van der Waals surface area contributed by atoms with Gasteiger partial charge >= 0.3 is 0 Å². The van der Waals surface area contributed by atoms with Crippen LogP contribution in [0.15, 0.2) is 24.3 Å². The number of rotatable bonds is 46. The Balaban J connectivity index is -0.00000104. The topological polar surface area (TPSA) is 55.4 Å². The van der Waals surface area contributed by atoms with E-state index in [1.54, 1.807) is 0 Å². The van der Waals surface area contributed by atoms with E-state index in [4.69, 9.17) is 28.4 Å². The number of hydrogen-bond acceptors (Lipinski definition) is 6. The number of hydrogen-bond donors (Lipinski definition) is 0. The normalized spacial score (nSPS) is 12.0. The summed E-state index contributed by atoms with van der Waals surface area (Å²) >= 11 is 0. The summed E-state index contributed by atoms with van der Waals surface area (Å²) in [5, 5.41) is 0. The van der Waals surface area contributed by atoms with Crippen molar-refractivity contribution in [3.05, 3.63) is 24.3 Å². The molecule has 0 saturated heterocycles. The zero-order valence-electron chi connectivity index (χ0n) is 53.3. The molecule has 0 heterocycles. The van der Waals surface area contributed by atoms with Crippen molar-refractivity contribution < 1.29 is 28.4 Å². The van der Waals surface area contributed by atoms with Crippen LogP contribution >= 0.6 is 0 Å². The minimum atomic E-state index is -0.130. The van der Waals surface area contributed by atoms with Gasteiger partial charge in [-0.3, -0.25) is 0 Å². The molecule has 0 radical (unpaired) electrons. The molecule has 0 aromatic heterocycles. The summed E-state index contributed by atoms with van der Waals surface area (Å²) in [6, 6.07) is 0. The third-order valence-corrected chi connectivity index (χ3v) is 12.6. The summed E-state index contributed by atoms with van der Waals surface area (Å²) in [7, 11) is 0. The van der Waals surface area contributed by atoms with E-state index in [1.165, 1.54) is 116 Å². The number of allylic oxidation sites excluding steroid dienone is 4. The lowest BCUT2D eigenvalue weighted by molar-refractivity contribution is -0.150. The van der Waals surface area contributed by atoms with Crippen molar-refractivity contribution in [3.63, 3.8) is 0 Å². The van der Waals surface area contributed by atoms with E-state index in [2.05, 4.69) is 152 Å². The molecule has 0 unspecified atom stereocenters. The zero-order chi connectivity index (χ0) is 56.4. The SMILES string of the molecule is CC/C=C\CCCCOC(CCC(C)(C)C)OCCCC/C=C\CC.CCCCC#CCCOC(CCC(C)(C)C)OCCC#CCCCC.CCCCCCCCOC(CCC(C)(C)C)OCCCCCCCC. The van der Waals surface area contributed by atoms with E-state index in [0.717, 1.165) is 129 Å². The smallest absolute Gasteiger partial charge is 0.157 e. The van der Waals surface area contributed by atoms with E-state index in [-0.39, 0.29) is 18.9 Å². The fourth-order valence-electron chi connectivity index (χ4n) is 7.59. The minimum absolute atomic E-state index is 0.00510. The van der Waals surface area contributed by atoms with Crippen LogP contribution in [-0.2, 0) is 28.4 Å². The summed E-state index contributed by atoms with van der Waals surface area (Å²) in [6.45, 7) is 38.4. The molecule has 0 aliphatic rings. The van der Waals surface area contributed by atoms with Crippen molar-refractivity contribution >= 4 is 0 Å². The second-order valence-electron chi connectivity index (χ2n) is 24.5. The van der Waals surface area contributed by atoms with E-state index >= 15 is 0 Å². The first-order chi connectivity index (χ1) is 36.0. The average Bonchev–Trinajstić information content (AvgIpc) is 3.36. The van der Waals surface area contributed by atoms with Crippen LogP contribution in [0.4, 0.5) is 0 Å². The lowest BCUT2D eigenvalue weighted by Gasteiger charge is -2.24. The van der Waals surface area contributed by atoms with Gasteiger partial charge in [0.25, 0.3) is 0 Å². The molecule has 0 spiro atoms. The van der Waals surface area contributed by atoms with Crippen molar-refractivity contribution in [2.45, 2.75) is 341 Å². The molecule has 0 saturated carbocycles. The van der Waals surface area contributed by atoms with Crippen molar-refractivity contribution in [2.24, 2.45) is 16.2 Å². The highest BCUT2D eigenvalue weighted by Gasteiger charge is 2.18. The van der Waals surface area contributed by atoms with Crippen LogP contribution in [-0.4, -0.2) is 58.5 Å². The van der Waals surface area contributed by atoms with Crippen LogP contribution < -0.4 is 0 Å². The molecule has 0 atom stereocenters. The molecule has 6 heteroatoms. The maximum atomic E-state index is 6.07. The summed E-state index contributed by atoms with van der Waals surface area (Å²) in [5.41, 5.74) is 0.983. The third-order valence-electron chi connectivity index (χ3n) is 12.6. The first-order valence-electron chi connectivity index (χ1n) is 31.9. The Hall–Kier alpha value is -1.64. The highest BCUT2D eigenvalue weighted by atomic mass is 16.7. The molecule has 444 valence electrons. The molecule has 6 nitrogen and oxygen atoms in total. The van der Waals surface area contributed by atoms with Gasteiger partial charge in [0.2, 0.25) is 0 Å². The van der Waals surface area contributed by atoms with Crippen molar-refractivity contribution in [1.29, 1.82) is 0 Å². The predicted octanol–water partition coefficient (Wildman–Crippen LogP) is 21.7. The largest absolute Gasteiger partial charge is 0.353 e. The van der Waals surface area contributed by atoms with Gasteiger partial charge in [-0.1, -0.05) is 205 Å². The predicted molar refractivity (Wildman–Crippen MR) is 330 cm³/mol. The maximum absolute atomic E-state index is 6.07. The van der Waals surface area contributed by atoms with Gasteiger partial charge in [-0.15, -0.1) is 23.7 Å². The molecule has 0 aliphatic heterocycles. The van der Waals surface area contributed by atoms with Crippen molar-refractivity contribution in [3.8, 4) is 23.7 Å². The average molecular weight is 1060 g/mol. The van der Waals surface area contributed by atoms with Gasteiger partial charge < -0.3 is 28.4 Å². The molecule has 75 heavy (non-hydrogen) atoms. The van der Waals surface area contributed by atoms with E-state index in [9.17, 15) is 0 Å². The zero-order valence-corrected chi connectivity index (χ0v) is 53.3. The molecule has 0 rings (SSSR count). The minimum Gasteiger partial charge on any atom is -0.353 e. The second-order valence-corrected chi connectivity index (χ2v) is 24.5. The molecule has 0 aromatic carbocycles. The van der Waals surface area contributed by atoms with Crippen LogP contribution in [0.5, 0.6) is 0 Å². The summed E-state index contributed by atoms with van der Waals surface area (Å²) in [4.78, 5) is 0. The molecular weight excluding hydrogens is 925 g/mol. The summed E-state index contributed by atoms with van der Waals surface area (Å²) in [5.74, 6) is 12.8. The highest BCUT2D eigenvalue weighted by molar-refractivity contribution is 4.99. The fourth-order valence-corrected chi connectivity index (χ4v) is 7.59. The lowest BCUT2D eigenvalue weighted by Crippen LogP contribution is -2.21. The monoisotopic (exact) mass is 1060 g/mol. The molecule has 0 aromatic rings. The van der Waals surface area contributed by atoms with Crippen LogP contribution in [0.3, 0.4) is 0 Å². The van der Waals surface area contributed by atoms with E-state index < -0.39 is 0 Å². The molecule has 0 fully saturated rings. The van der Waals surface area contributed by atoms with Gasteiger partial charge in [0.1, 0.15) is 0 Å². The molecule has 0 N–H and O–H groups in total. The Labute approximate surface area is 471 Å². The van der Waals surface area contributed by atoms with E-state index in [0.29, 0.717) is 29.5 Å². The van der Waals surface area contributed by atoms with Crippen LogP contribution in [0, 0.1) is 39.9 Å². The third kappa shape index (κ3) is 72.4. The van der Waals surface area contributed by atoms with Crippen LogP contribution in [0.25, 0.3) is 0 Å². The van der Waals surface area contributed by atoms with Gasteiger partial charge in [0.15, 0.2) is 18.9 Å². The summed E-state index contributed by atoms with van der Waals surface area (Å²) in [6.07, 6.45) is 48.5. The second kappa shape index (κ2) is 58.5. The van der Waals surface area contributed by atoms with Crippen molar-refractivity contribution in [2.75, 3.05) is 39.6 Å². The summed E-state index contributed by atoms with van der Waals surface area (Å²) < 4.78 is 36.0. The van der Waals surface area contributed by atoms with Gasteiger partial charge in [0.05, 0.1) is 13.2 Å². The number of ether oxygens (including phenoxy) is 6. The van der Waals surface area contributed by atoms with Gasteiger partial charge in [-0.25, -0.2) is 0 Å². The van der Waals surface area contributed by atoms with Crippen LogP contribution in [0.1, 0.15) is 322 Å². The lowest BCUT2D eigenvalue weighted by atomic mass is 9.90. The Morgan fingerprint density at radius 3 is 0.853 bits per heavy atom. The Bertz CT molecular complexity index is 1240. The molecular formula is C69H132O6. The first kappa shape index (κ1) is 77.6. The maximum Gasteiger partial charge on any atom is 0.157 e. The molecule has 0 aliphatic carbocycles. The van der Waals surface area contributed by atoms with Crippen LogP contribution in [0.2, 0.25) is 0 Å². The standard InChI is InChI=1S/C23H48O2.C23H44O2.C23H40O2/c3*1-6-8-10-12-14-16-20-24-22(18-19-23(3,4)5)25-21-17-15-13-11-9-7-2/h22H,6-21H2,1-5H3;8-11,22H,6-7,12-21H2,1-5H3;22H,6-11,16-21H2,1-5H3/b;10-8-,11-9-;. The highest BCUT2D eigenvalue weighted by Crippen LogP contribution is 2.25. The number of unbranched alkanes of at least 4 members (excludes halogenated alkanes) is 18. The Morgan fingerprint density at radius 1 is 0.293 bits per heavy atom.